The molecule has 1 saturated carbocycles. The van der Waals surface area contributed by atoms with Crippen molar-refractivity contribution in [3.05, 3.63) is 35.1 Å². The Labute approximate surface area is 147 Å². The summed E-state index contributed by atoms with van der Waals surface area (Å²) in [5.41, 5.74) is 7.63. The van der Waals surface area contributed by atoms with Crippen LogP contribution >= 0.6 is 15.9 Å². The molecule has 5 nitrogen and oxygen atoms in total. The number of anilines is 1. The van der Waals surface area contributed by atoms with E-state index in [1.165, 1.54) is 19.3 Å². The van der Waals surface area contributed by atoms with Crippen LogP contribution in [0.1, 0.15) is 38.1 Å². The Bertz CT molecular complexity index is 901. The van der Waals surface area contributed by atoms with Crippen molar-refractivity contribution >= 4 is 32.8 Å². The van der Waals surface area contributed by atoms with Crippen LogP contribution in [0, 0.1) is 5.82 Å². The van der Waals surface area contributed by atoms with Gasteiger partial charge in [0.05, 0.1) is 17.9 Å². The zero-order valence-electron chi connectivity index (χ0n) is 13.0. The molecule has 7 heteroatoms. The minimum Gasteiger partial charge on any atom is -0.368 e. The SMILES string of the molecule is Nc1ncc(F)c(-c2cn(C3CCCCC3)c3cnc(Br)cc23)n1. The van der Waals surface area contributed by atoms with E-state index in [2.05, 4.69) is 35.4 Å². The van der Waals surface area contributed by atoms with Gasteiger partial charge >= 0.3 is 0 Å². The molecule has 0 bridgehead atoms. The Morgan fingerprint density at radius 3 is 2.75 bits per heavy atom. The number of aromatic nitrogens is 4. The first-order valence-corrected chi connectivity index (χ1v) is 8.87. The van der Waals surface area contributed by atoms with Crippen molar-refractivity contribution in [2.75, 3.05) is 5.73 Å². The van der Waals surface area contributed by atoms with Crippen LogP contribution in [0.2, 0.25) is 0 Å². The van der Waals surface area contributed by atoms with Crippen molar-refractivity contribution in [1.82, 2.24) is 19.5 Å². The van der Waals surface area contributed by atoms with Crippen LogP contribution in [-0.4, -0.2) is 19.5 Å². The minimum atomic E-state index is -0.472. The molecule has 24 heavy (non-hydrogen) atoms. The summed E-state index contributed by atoms with van der Waals surface area (Å²) in [6, 6.07) is 2.32. The molecule has 3 aromatic heterocycles. The molecule has 1 fully saturated rings. The zero-order valence-corrected chi connectivity index (χ0v) is 14.6. The van der Waals surface area contributed by atoms with Crippen molar-refractivity contribution in [3.8, 4) is 11.3 Å². The third kappa shape index (κ3) is 2.66. The Hall–Kier alpha value is -2.02. The van der Waals surface area contributed by atoms with Gasteiger partial charge in [-0.3, -0.25) is 0 Å². The van der Waals surface area contributed by atoms with Gasteiger partial charge in [0, 0.05) is 23.2 Å². The summed E-state index contributed by atoms with van der Waals surface area (Å²) < 4.78 is 17.2. The number of fused-ring (bicyclic) bond motifs is 1. The lowest BCUT2D eigenvalue weighted by Gasteiger charge is -2.24. The first-order valence-electron chi connectivity index (χ1n) is 8.08. The van der Waals surface area contributed by atoms with Gasteiger partial charge in [0.1, 0.15) is 10.3 Å². The molecule has 0 aromatic carbocycles. The van der Waals surface area contributed by atoms with Crippen LogP contribution in [0.4, 0.5) is 10.3 Å². The predicted octanol–water partition coefficient (Wildman–Crippen LogP) is 4.48. The van der Waals surface area contributed by atoms with Crippen LogP contribution in [0.15, 0.2) is 29.3 Å². The lowest BCUT2D eigenvalue weighted by Crippen LogP contribution is -2.11. The van der Waals surface area contributed by atoms with Gasteiger partial charge < -0.3 is 10.3 Å². The smallest absolute Gasteiger partial charge is 0.220 e. The monoisotopic (exact) mass is 389 g/mol. The van der Waals surface area contributed by atoms with Crippen LogP contribution in [0.25, 0.3) is 22.2 Å². The van der Waals surface area contributed by atoms with Crippen LogP contribution < -0.4 is 5.73 Å². The number of hydrogen-bond donors (Lipinski definition) is 1. The standard InChI is InChI=1S/C17H17BrFN5/c18-15-6-11-12(16-13(19)7-22-17(20)23-16)9-24(14(11)8-21-15)10-4-2-1-3-5-10/h6-10H,1-5H2,(H2,20,22,23). The van der Waals surface area contributed by atoms with Crippen LogP contribution in [-0.2, 0) is 0 Å². The average Bonchev–Trinajstić information content (AvgIpc) is 2.96. The van der Waals surface area contributed by atoms with Crippen LogP contribution in [0.3, 0.4) is 0 Å². The lowest BCUT2D eigenvalue weighted by atomic mass is 9.95. The van der Waals surface area contributed by atoms with Crippen molar-refractivity contribution < 1.29 is 4.39 Å². The fourth-order valence-corrected chi connectivity index (χ4v) is 3.87. The highest BCUT2D eigenvalue weighted by molar-refractivity contribution is 9.10. The van der Waals surface area contributed by atoms with E-state index in [1.807, 2.05) is 18.5 Å². The highest BCUT2D eigenvalue weighted by Crippen LogP contribution is 2.37. The van der Waals surface area contributed by atoms with Crippen LogP contribution in [0.5, 0.6) is 0 Å². The number of hydrogen-bond acceptors (Lipinski definition) is 4. The summed E-state index contributed by atoms with van der Waals surface area (Å²) in [5.74, 6) is -0.405. The van der Waals surface area contributed by atoms with Crippen molar-refractivity contribution in [2.45, 2.75) is 38.1 Å². The van der Waals surface area contributed by atoms with E-state index in [4.69, 9.17) is 5.73 Å². The first-order chi connectivity index (χ1) is 11.6. The number of pyridine rings is 1. The van der Waals surface area contributed by atoms with Crippen molar-refractivity contribution in [1.29, 1.82) is 0 Å². The Kier molecular flexibility index (Phi) is 3.96. The molecule has 0 radical (unpaired) electrons. The maximum absolute atomic E-state index is 14.3. The van der Waals surface area contributed by atoms with E-state index in [-0.39, 0.29) is 11.6 Å². The topological polar surface area (TPSA) is 69.6 Å². The van der Waals surface area contributed by atoms with E-state index >= 15 is 0 Å². The molecule has 0 amide bonds. The third-order valence-electron chi connectivity index (χ3n) is 4.67. The second-order valence-electron chi connectivity index (χ2n) is 6.19. The zero-order chi connectivity index (χ0) is 16.7. The van der Waals surface area contributed by atoms with E-state index in [1.54, 1.807) is 0 Å². The maximum Gasteiger partial charge on any atom is 0.220 e. The van der Waals surface area contributed by atoms with E-state index in [9.17, 15) is 4.39 Å². The van der Waals surface area contributed by atoms with Gasteiger partial charge in [-0.2, -0.15) is 0 Å². The number of nitrogens with zero attached hydrogens (tertiary/aromatic N) is 4. The quantitative estimate of drug-likeness (QED) is 0.655. The fraction of sp³-hybridized carbons (Fsp3) is 0.353. The summed E-state index contributed by atoms with van der Waals surface area (Å²) in [7, 11) is 0. The molecule has 0 atom stereocenters. The number of nitrogens with two attached hydrogens (primary N) is 1. The van der Waals surface area contributed by atoms with E-state index in [0.717, 1.165) is 35.5 Å². The second kappa shape index (κ2) is 6.12. The molecule has 0 unspecified atom stereocenters. The average molecular weight is 390 g/mol. The summed E-state index contributed by atoms with van der Waals surface area (Å²) >= 11 is 3.41. The van der Waals surface area contributed by atoms with Gasteiger partial charge in [-0.1, -0.05) is 19.3 Å². The molecule has 2 N–H and O–H groups in total. The van der Waals surface area contributed by atoms with E-state index < -0.39 is 5.82 Å². The van der Waals surface area contributed by atoms with Gasteiger partial charge in [-0.05, 0) is 34.8 Å². The Balaban J connectivity index is 1.94. The van der Waals surface area contributed by atoms with Gasteiger partial charge in [0.15, 0.2) is 5.82 Å². The predicted molar refractivity (Wildman–Crippen MR) is 95.0 cm³/mol. The largest absolute Gasteiger partial charge is 0.368 e. The molecule has 4 rings (SSSR count). The van der Waals surface area contributed by atoms with Gasteiger partial charge in [-0.25, -0.2) is 19.3 Å². The highest BCUT2D eigenvalue weighted by atomic mass is 79.9. The molecule has 0 saturated heterocycles. The Morgan fingerprint density at radius 1 is 1.17 bits per heavy atom. The molecule has 3 heterocycles. The minimum absolute atomic E-state index is 0.0677. The number of nitrogen functional groups attached to an aromatic ring is 1. The molecule has 0 aliphatic heterocycles. The van der Waals surface area contributed by atoms with Crippen molar-refractivity contribution in [2.24, 2.45) is 0 Å². The second-order valence-corrected chi connectivity index (χ2v) is 7.00. The molecule has 0 spiro atoms. The number of rotatable bonds is 2. The summed E-state index contributed by atoms with van der Waals surface area (Å²) in [6.07, 6.45) is 10.9. The maximum atomic E-state index is 14.3. The Morgan fingerprint density at radius 2 is 1.96 bits per heavy atom. The normalized spacial score (nSPS) is 15.9. The fourth-order valence-electron chi connectivity index (χ4n) is 3.54. The molecule has 1 aliphatic rings. The van der Waals surface area contributed by atoms with E-state index in [0.29, 0.717) is 10.6 Å². The molecular weight excluding hydrogens is 373 g/mol. The summed E-state index contributed by atoms with van der Waals surface area (Å²) in [5, 5.41) is 0.916. The third-order valence-corrected chi connectivity index (χ3v) is 5.11. The molecular formula is C17H17BrFN5. The summed E-state index contributed by atoms with van der Waals surface area (Å²) in [6.45, 7) is 0. The summed E-state index contributed by atoms with van der Waals surface area (Å²) in [4.78, 5) is 12.2. The highest BCUT2D eigenvalue weighted by Gasteiger charge is 2.22. The van der Waals surface area contributed by atoms with Gasteiger partial charge in [0.2, 0.25) is 5.95 Å². The molecule has 124 valence electrons. The van der Waals surface area contributed by atoms with Gasteiger partial charge in [-0.15, -0.1) is 0 Å². The molecule has 3 aromatic rings. The van der Waals surface area contributed by atoms with Gasteiger partial charge in [0.25, 0.3) is 0 Å². The van der Waals surface area contributed by atoms with Crippen molar-refractivity contribution in [3.63, 3.8) is 0 Å². The first kappa shape index (κ1) is 15.5. The lowest BCUT2D eigenvalue weighted by molar-refractivity contribution is 0.361. The molecule has 1 aliphatic carbocycles. The number of halogens is 2.